The highest BCUT2D eigenvalue weighted by atomic mass is 127. The molecule has 1 saturated heterocycles. The SMILES string of the molecule is CCNC(=NCc1ccccc1OC(F)(F)F)NCCCN1CCCC1.I. The van der Waals surface area contributed by atoms with Gasteiger partial charge in [-0.05, 0) is 51.9 Å². The number of rotatable bonds is 8. The molecule has 0 radical (unpaired) electrons. The summed E-state index contributed by atoms with van der Waals surface area (Å²) in [6.07, 6.45) is -1.16. The van der Waals surface area contributed by atoms with Gasteiger partial charge in [0.2, 0.25) is 0 Å². The van der Waals surface area contributed by atoms with Crippen molar-refractivity contribution < 1.29 is 17.9 Å². The maximum absolute atomic E-state index is 12.5. The number of benzene rings is 1. The minimum absolute atomic E-state index is 0. The zero-order chi connectivity index (χ0) is 18.8. The van der Waals surface area contributed by atoms with Crippen LogP contribution in [0.1, 0.15) is 31.7 Å². The van der Waals surface area contributed by atoms with E-state index in [4.69, 9.17) is 0 Å². The lowest BCUT2D eigenvalue weighted by atomic mass is 10.2. The molecule has 0 saturated carbocycles. The molecule has 5 nitrogen and oxygen atoms in total. The number of halogens is 4. The zero-order valence-electron chi connectivity index (χ0n) is 15.5. The molecule has 154 valence electrons. The quantitative estimate of drug-likeness (QED) is 0.247. The van der Waals surface area contributed by atoms with Crippen LogP contribution in [0.15, 0.2) is 29.3 Å². The molecule has 0 spiro atoms. The van der Waals surface area contributed by atoms with Crippen molar-refractivity contribution in [2.24, 2.45) is 4.99 Å². The summed E-state index contributed by atoms with van der Waals surface area (Å²) in [6.45, 7) is 6.89. The Morgan fingerprint density at radius 2 is 1.89 bits per heavy atom. The van der Waals surface area contributed by atoms with Crippen LogP contribution in [-0.2, 0) is 6.54 Å². The van der Waals surface area contributed by atoms with Gasteiger partial charge >= 0.3 is 6.36 Å². The molecule has 1 aliphatic rings. The summed E-state index contributed by atoms with van der Waals surface area (Å²) in [5, 5.41) is 6.34. The predicted octanol–water partition coefficient (Wildman–Crippen LogP) is 3.74. The molecule has 1 aromatic carbocycles. The average Bonchev–Trinajstić information content (AvgIpc) is 3.09. The molecule has 1 aromatic rings. The Hall–Kier alpha value is -1.23. The average molecular weight is 500 g/mol. The Labute approximate surface area is 175 Å². The van der Waals surface area contributed by atoms with Crippen molar-refractivity contribution >= 4 is 29.9 Å². The molecular formula is C18H28F3IN4O. The number of guanidine groups is 1. The molecule has 0 aromatic heterocycles. The number of likely N-dealkylation sites (tertiary alicyclic amines) is 1. The highest BCUT2D eigenvalue weighted by Gasteiger charge is 2.31. The van der Waals surface area contributed by atoms with E-state index in [9.17, 15) is 13.2 Å². The molecule has 0 atom stereocenters. The van der Waals surface area contributed by atoms with Crippen LogP contribution < -0.4 is 15.4 Å². The number of aliphatic imine (C=N–C) groups is 1. The maximum Gasteiger partial charge on any atom is 0.573 e. The standard InChI is InChI=1S/C18H27F3N4O.HI/c1-2-22-17(23-10-7-13-25-11-5-6-12-25)24-14-15-8-3-4-9-16(15)26-18(19,20)21;/h3-4,8-9H,2,5-7,10-14H2,1H3,(H2,22,23,24);1H. The topological polar surface area (TPSA) is 48.9 Å². The fourth-order valence-corrected chi connectivity index (χ4v) is 2.88. The minimum Gasteiger partial charge on any atom is -0.405 e. The Balaban J connectivity index is 0.00000364. The fourth-order valence-electron chi connectivity index (χ4n) is 2.88. The second kappa shape index (κ2) is 12.3. The van der Waals surface area contributed by atoms with E-state index < -0.39 is 6.36 Å². The highest BCUT2D eigenvalue weighted by Crippen LogP contribution is 2.26. The molecular weight excluding hydrogens is 472 g/mol. The van der Waals surface area contributed by atoms with Crippen LogP contribution in [0, 0.1) is 0 Å². The van der Waals surface area contributed by atoms with E-state index in [-0.39, 0.29) is 36.3 Å². The number of hydrogen-bond acceptors (Lipinski definition) is 3. The summed E-state index contributed by atoms with van der Waals surface area (Å²) >= 11 is 0. The van der Waals surface area contributed by atoms with E-state index in [1.807, 2.05) is 6.92 Å². The fraction of sp³-hybridized carbons (Fsp3) is 0.611. The molecule has 2 N–H and O–H groups in total. The molecule has 9 heteroatoms. The Morgan fingerprint density at radius 1 is 1.19 bits per heavy atom. The number of alkyl halides is 3. The highest BCUT2D eigenvalue weighted by molar-refractivity contribution is 14.0. The van der Waals surface area contributed by atoms with Gasteiger partial charge in [-0.15, -0.1) is 37.1 Å². The van der Waals surface area contributed by atoms with E-state index in [1.165, 1.54) is 38.1 Å². The van der Waals surface area contributed by atoms with E-state index >= 15 is 0 Å². The molecule has 27 heavy (non-hydrogen) atoms. The molecule has 0 amide bonds. The number of para-hydroxylation sites is 1. The van der Waals surface area contributed by atoms with Crippen LogP contribution in [0.25, 0.3) is 0 Å². The predicted molar refractivity (Wildman–Crippen MR) is 112 cm³/mol. The van der Waals surface area contributed by atoms with Crippen molar-refractivity contribution in [2.45, 2.75) is 39.1 Å². The largest absolute Gasteiger partial charge is 0.573 e. The Kier molecular flexibility index (Phi) is 10.8. The summed E-state index contributed by atoms with van der Waals surface area (Å²) in [6, 6.07) is 6.07. The first-order valence-corrected chi connectivity index (χ1v) is 9.06. The number of nitrogens with zero attached hydrogens (tertiary/aromatic N) is 2. The van der Waals surface area contributed by atoms with Crippen LogP contribution in [0.4, 0.5) is 13.2 Å². The Morgan fingerprint density at radius 3 is 2.56 bits per heavy atom. The van der Waals surface area contributed by atoms with Gasteiger partial charge in [-0.1, -0.05) is 18.2 Å². The third-order valence-electron chi connectivity index (χ3n) is 4.09. The molecule has 0 aliphatic carbocycles. The maximum atomic E-state index is 12.5. The first-order chi connectivity index (χ1) is 12.5. The monoisotopic (exact) mass is 500 g/mol. The minimum atomic E-state index is -4.71. The van der Waals surface area contributed by atoms with Gasteiger partial charge in [0, 0.05) is 18.7 Å². The molecule has 0 unspecified atom stereocenters. The van der Waals surface area contributed by atoms with Gasteiger partial charge in [-0.25, -0.2) is 4.99 Å². The summed E-state index contributed by atoms with van der Waals surface area (Å²) in [5.41, 5.74) is 0.388. The number of hydrogen-bond donors (Lipinski definition) is 2. The summed E-state index contributed by atoms with van der Waals surface area (Å²) < 4.78 is 41.5. The van der Waals surface area contributed by atoms with Crippen molar-refractivity contribution in [3.63, 3.8) is 0 Å². The molecule has 1 fully saturated rings. The van der Waals surface area contributed by atoms with Gasteiger partial charge in [0.1, 0.15) is 5.75 Å². The lowest BCUT2D eigenvalue weighted by molar-refractivity contribution is -0.274. The van der Waals surface area contributed by atoms with Gasteiger partial charge in [-0.2, -0.15) is 0 Å². The van der Waals surface area contributed by atoms with Crippen LogP contribution >= 0.6 is 24.0 Å². The van der Waals surface area contributed by atoms with Crippen molar-refractivity contribution in [2.75, 3.05) is 32.7 Å². The second-order valence-electron chi connectivity index (χ2n) is 6.18. The molecule has 1 heterocycles. The van der Waals surface area contributed by atoms with Gasteiger partial charge in [-0.3, -0.25) is 0 Å². The third kappa shape index (κ3) is 9.50. The van der Waals surface area contributed by atoms with E-state index in [0.29, 0.717) is 18.1 Å². The molecule has 1 aliphatic heterocycles. The van der Waals surface area contributed by atoms with E-state index in [1.54, 1.807) is 12.1 Å². The smallest absolute Gasteiger partial charge is 0.405 e. The lowest BCUT2D eigenvalue weighted by Gasteiger charge is -2.16. The van der Waals surface area contributed by atoms with E-state index in [2.05, 4.69) is 25.3 Å². The molecule has 2 rings (SSSR count). The van der Waals surface area contributed by atoms with Gasteiger partial charge in [0.05, 0.1) is 6.54 Å². The number of nitrogens with one attached hydrogen (secondary N) is 2. The Bertz CT molecular complexity index is 578. The normalized spacial score (nSPS) is 15.3. The van der Waals surface area contributed by atoms with Crippen molar-refractivity contribution in [1.82, 2.24) is 15.5 Å². The number of ether oxygens (including phenoxy) is 1. The van der Waals surface area contributed by atoms with Crippen LogP contribution in [0.5, 0.6) is 5.75 Å². The summed E-state index contributed by atoms with van der Waals surface area (Å²) in [7, 11) is 0. The lowest BCUT2D eigenvalue weighted by Crippen LogP contribution is -2.38. The van der Waals surface area contributed by atoms with E-state index in [0.717, 1.165) is 19.5 Å². The van der Waals surface area contributed by atoms with Crippen LogP contribution in [-0.4, -0.2) is 49.9 Å². The first kappa shape index (κ1) is 23.8. The third-order valence-corrected chi connectivity index (χ3v) is 4.09. The first-order valence-electron chi connectivity index (χ1n) is 9.06. The van der Waals surface area contributed by atoms with Gasteiger partial charge < -0.3 is 20.3 Å². The van der Waals surface area contributed by atoms with Crippen LogP contribution in [0.3, 0.4) is 0 Å². The van der Waals surface area contributed by atoms with Crippen molar-refractivity contribution in [3.05, 3.63) is 29.8 Å². The van der Waals surface area contributed by atoms with Crippen molar-refractivity contribution in [1.29, 1.82) is 0 Å². The van der Waals surface area contributed by atoms with Crippen molar-refractivity contribution in [3.8, 4) is 5.75 Å². The van der Waals surface area contributed by atoms with Gasteiger partial charge in [0.25, 0.3) is 0 Å². The summed E-state index contributed by atoms with van der Waals surface area (Å²) in [5.74, 6) is 0.379. The van der Waals surface area contributed by atoms with Crippen LogP contribution in [0.2, 0.25) is 0 Å². The molecule has 0 bridgehead atoms. The zero-order valence-corrected chi connectivity index (χ0v) is 17.8. The second-order valence-corrected chi connectivity index (χ2v) is 6.18. The summed E-state index contributed by atoms with van der Waals surface area (Å²) in [4.78, 5) is 6.82. The van der Waals surface area contributed by atoms with Gasteiger partial charge in [0.15, 0.2) is 5.96 Å².